The average molecular weight is 527 g/mol. The first-order valence-electron chi connectivity index (χ1n) is 9.65. The number of nitrogens with two attached hydrogens (primary N) is 1. The molecule has 12 heteroatoms. The van der Waals surface area contributed by atoms with Gasteiger partial charge in [0.2, 0.25) is 0 Å². The predicted octanol–water partition coefficient (Wildman–Crippen LogP) is 4.96. The van der Waals surface area contributed by atoms with E-state index in [0.717, 1.165) is 6.07 Å². The molecule has 0 spiro atoms. The van der Waals surface area contributed by atoms with Crippen molar-refractivity contribution in [1.82, 2.24) is 0 Å². The molecule has 182 valence electrons. The van der Waals surface area contributed by atoms with Crippen molar-refractivity contribution in [3.05, 3.63) is 57.6 Å². The molecule has 0 aliphatic rings. The lowest BCUT2D eigenvalue weighted by atomic mass is 9.87. The summed E-state index contributed by atoms with van der Waals surface area (Å²) in [4.78, 5) is 10.8. The van der Waals surface area contributed by atoms with E-state index in [1.165, 1.54) is 18.2 Å². The average Bonchev–Trinajstić information content (AvgIpc) is 2.70. The molecule has 0 heterocycles. The van der Waals surface area contributed by atoms with Gasteiger partial charge in [-0.3, -0.25) is 9.57 Å². The zero-order valence-corrected chi connectivity index (χ0v) is 19.8. The Balaban J connectivity index is 2.34. The van der Waals surface area contributed by atoms with Crippen LogP contribution < -0.4 is 5.73 Å². The van der Waals surface area contributed by atoms with Crippen LogP contribution in [0.2, 0.25) is 10.0 Å². The topological polar surface area (TPSA) is 124 Å². The Morgan fingerprint density at radius 1 is 1.15 bits per heavy atom. The van der Waals surface area contributed by atoms with Crippen LogP contribution in [0.1, 0.15) is 24.0 Å². The third-order valence-electron chi connectivity index (χ3n) is 5.26. The molecule has 3 atom stereocenters. The Kier molecular flexibility index (Phi) is 8.46. The molecule has 0 aliphatic carbocycles. The molecule has 0 saturated carbocycles. The van der Waals surface area contributed by atoms with E-state index in [0.29, 0.717) is 26.7 Å². The van der Waals surface area contributed by atoms with Crippen molar-refractivity contribution < 1.29 is 32.4 Å². The van der Waals surface area contributed by atoms with E-state index in [9.17, 15) is 27.3 Å². The molecule has 0 radical (unpaired) electrons. The van der Waals surface area contributed by atoms with Crippen LogP contribution in [0.15, 0.2) is 36.4 Å². The predicted molar refractivity (Wildman–Crippen MR) is 122 cm³/mol. The fourth-order valence-electron chi connectivity index (χ4n) is 3.24. The number of aryl methyl sites for hydroxylation is 1. The van der Waals surface area contributed by atoms with Crippen molar-refractivity contribution in [2.75, 3.05) is 11.5 Å². The molecule has 0 fully saturated rings. The molecular weight excluding hydrogens is 504 g/mol. The van der Waals surface area contributed by atoms with Crippen molar-refractivity contribution in [2.45, 2.75) is 37.6 Å². The van der Waals surface area contributed by atoms with E-state index in [2.05, 4.69) is 0 Å². The van der Waals surface area contributed by atoms with Crippen molar-refractivity contribution in [3.63, 3.8) is 0 Å². The van der Waals surface area contributed by atoms with E-state index in [-0.39, 0.29) is 6.42 Å². The highest BCUT2D eigenvalue weighted by Crippen LogP contribution is 2.43. The van der Waals surface area contributed by atoms with E-state index >= 15 is 0 Å². The number of carboxylic acids is 1. The van der Waals surface area contributed by atoms with Crippen molar-refractivity contribution >= 4 is 38.9 Å². The summed E-state index contributed by atoms with van der Waals surface area (Å²) in [6.45, 7) is 1.56. The number of rotatable bonds is 9. The second-order valence-electron chi connectivity index (χ2n) is 7.72. The molecular formula is C21H23Cl2F3N2O4S. The highest BCUT2D eigenvalue weighted by molar-refractivity contribution is 7.92. The van der Waals surface area contributed by atoms with Crippen LogP contribution in [-0.2, 0) is 20.1 Å². The van der Waals surface area contributed by atoms with Gasteiger partial charge in [-0.1, -0.05) is 47.5 Å². The lowest BCUT2D eigenvalue weighted by Gasteiger charge is -2.32. The number of nitrogens with one attached hydrogen (secondary N) is 1. The summed E-state index contributed by atoms with van der Waals surface area (Å²) in [6, 6.07) is 6.99. The number of hydrogen-bond acceptors (Lipinski definition) is 5. The van der Waals surface area contributed by atoms with Crippen LogP contribution >= 0.6 is 23.2 Å². The van der Waals surface area contributed by atoms with Gasteiger partial charge in [-0.15, -0.1) is 0 Å². The Hall–Kier alpha value is -1.85. The summed E-state index contributed by atoms with van der Waals surface area (Å²) < 4.78 is 61.9. The molecule has 0 bridgehead atoms. The van der Waals surface area contributed by atoms with Crippen LogP contribution in [0.25, 0.3) is 11.1 Å². The van der Waals surface area contributed by atoms with Crippen molar-refractivity contribution in [2.24, 2.45) is 5.73 Å². The second kappa shape index (κ2) is 10.2. The molecule has 6 nitrogen and oxygen atoms in total. The fourth-order valence-corrected chi connectivity index (χ4v) is 5.21. The SMILES string of the molecule is Cc1cc(C(O)(CCS(=N)(=O)CC[C@H](N)C(=O)O)C(F)(F)F)ccc1-c1ccc(Cl)cc1Cl. The number of aliphatic carboxylic acids is 1. The lowest BCUT2D eigenvalue weighted by Crippen LogP contribution is -2.44. The highest BCUT2D eigenvalue weighted by atomic mass is 35.5. The summed E-state index contributed by atoms with van der Waals surface area (Å²) in [7, 11) is -3.62. The van der Waals surface area contributed by atoms with E-state index in [1.807, 2.05) is 0 Å². The minimum absolute atomic E-state index is 0.304. The van der Waals surface area contributed by atoms with Crippen molar-refractivity contribution in [3.8, 4) is 11.1 Å². The lowest BCUT2D eigenvalue weighted by molar-refractivity contribution is -0.267. The zero-order chi connectivity index (χ0) is 25.2. The maximum absolute atomic E-state index is 13.9. The quantitative estimate of drug-likeness (QED) is 0.367. The van der Waals surface area contributed by atoms with Gasteiger partial charge in [-0.05, 0) is 42.2 Å². The minimum Gasteiger partial charge on any atom is -0.480 e. The van der Waals surface area contributed by atoms with Gasteiger partial charge < -0.3 is 15.9 Å². The smallest absolute Gasteiger partial charge is 0.421 e. The first-order valence-corrected chi connectivity index (χ1v) is 12.3. The van der Waals surface area contributed by atoms with Gasteiger partial charge in [0.05, 0.1) is 0 Å². The molecule has 0 aromatic heterocycles. The van der Waals surface area contributed by atoms with Gasteiger partial charge in [0, 0.05) is 43.3 Å². The number of carboxylic acid groups (broad SMARTS) is 1. The minimum atomic E-state index is -5.12. The maximum Gasteiger partial charge on any atom is 0.421 e. The number of benzene rings is 2. The monoisotopic (exact) mass is 526 g/mol. The van der Waals surface area contributed by atoms with Crippen molar-refractivity contribution in [1.29, 1.82) is 4.78 Å². The summed E-state index contributed by atoms with van der Waals surface area (Å²) in [6.07, 6.45) is -6.49. The standard InChI is InChI=1S/C21H23Cl2F3N2O4S/c1-12-10-13(2-4-15(12)16-5-3-14(22)11-17(16)23)20(31,21(24,25)26)7-9-33(28,32)8-6-18(27)19(29)30/h2-5,10-11,18,28,31H,6-9,27H2,1H3,(H,29,30)/t18-,20?,33?/m0/s1. The van der Waals surface area contributed by atoms with E-state index in [4.69, 9.17) is 38.8 Å². The van der Waals surface area contributed by atoms with Crippen LogP contribution in [-0.4, -0.2) is 44.1 Å². The van der Waals surface area contributed by atoms with Gasteiger partial charge in [-0.2, -0.15) is 13.2 Å². The van der Waals surface area contributed by atoms with Gasteiger partial charge in [0.1, 0.15) is 6.04 Å². The van der Waals surface area contributed by atoms with Crippen LogP contribution in [0.3, 0.4) is 0 Å². The molecule has 2 unspecified atom stereocenters. The van der Waals surface area contributed by atoms with E-state index in [1.54, 1.807) is 19.1 Å². The Morgan fingerprint density at radius 3 is 2.27 bits per heavy atom. The van der Waals surface area contributed by atoms with Crippen LogP contribution in [0.4, 0.5) is 13.2 Å². The Labute approximate surface area is 199 Å². The third-order valence-corrected chi connectivity index (χ3v) is 7.57. The van der Waals surface area contributed by atoms with Gasteiger partial charge in [0.15, 0.2) is 5.60 Å². The third kappa shape index (κ3) is 6.60. The summed E-state index contributed by atoms with van der Waals surface area (Å²) in [5.74, 6) is -2.66. The molecule has 2 aromatic rings. The summed E-state index contributed by atoms with van der Waals surface area (Å²) >= 11 is 12.1. The normalized spacial score (nSPS) is 16.6. The molecule has 0 aliphatic heterocycles. The molecule has 5 N–H and O–H groups in total. The first-order chi connectivity index (χ1) is 15.1. The van der Waals surface area contributed by atoms with Gasteiger partial charge in [0.25, 0.3) is 0 Å². The molecule has 0 saturated heterocycles. The Bertz CT molecular complexity index is 1140. The second-order valence-corrected chi connectivity index (χ2v) is 11.0. The number of alkyl halides is 3. The molecule has 2 aromatic carbocycles. The van der Waals surface area contributed by atoms with Crippen LogP contribution in [0, 0.1) is 11.7 Å². The first kappa shape index (κ1) is 27.4. The molecule has 2 rings (SSSR count). The number of carbonyl (C=O) groups is 1. The largest absolute Gasteiger partial charge is 0.480 e. The number of halogens is 5. The Morgan fingerprint density at radius 2 is 1.76 bits per heavy atom. The highest BCUT2D eigenvalue weighted by Gasteiger charge is 2.54. The zero-order valence-electron chi connectivity index (χ0n) is 17.5. The van der Waals surface area contributed by atoms with Gasteiger partial charge >= 0.3 is 12.1 Å². The van der Waals surface area contributed by atoms with Crippen LogP contribution in [0.5, 0.6) is 0 Å². The van der Waals surface area contributed by atoms with E-state index < -0.39 is 57.0 Å². The maximum atomic E-state index is 13.9. The molecule has 0 amide bonds. The summed E-state index contributed by atoms with van der Waals surface area (Å²) in [5.41, 5.74) is 2.96. The number of aliphatic hydroxyl groups is 1. The van der Waals surface area contributed by atoms with Gasteiger partial charge in [-0.25, -0.2) is 4.21 Å². The fraction of sp³-hybridized carbons (Fsp3) is 0.381. The molecule has 33 heavy (non-hydrogen) atoms. The number of hydrogen-bond donors (Lipinski definition) is 4. The summed E-state index contributed by atoms with van der Waals surface area (Å²) in [5, 5.41) is 20.1.